The molecule has 1 aliphatic heterocycles. The highest BCUT2D eigenvalue weighted by Gasteiger charge is 2.45. The molecule has 202 valence electrons. The molecule has 0 bridgehead atoms. The fourth-order valence-electron chi connectivity index (χ4n) is 5.18. The number of methoxy groups -OCH3 is 1. The predicted molar refractivity (Wildman–Crippen MR) is 145 cm³/mol. The molecule has 2 aromatic carbocycles. The van der Waals surface area contributed by atoms with Crippen LogP contribution in [-0.4, -0.2) is 34.2 Å². The van der Waals surface area contributed by atoms with E-state index in [0.29, 0.717) is 17.9 Å². The number of fused-ring (bicyclic) bond motifs is 1. The summed E-state index contributed by atoms with van der Waals surface area (Å²) in [5.74, 6) is -3.10. The topological polar surface area (TPSA) is 96.4 Å². The summed E-state index contributed by atoms with van der Waals surface area (Å²) in [5.41, 5.74) is 5.97. The zero-order chi connectivity index (χ0) is 27.9. The number of aliphatic hydroxyl groups excluding tert-OH is 1. The summed E-state index contributed by atoms with van der Waals surface area (Å²) in [6, 6.07) is 11.3. The van der Waals surface area contributed by atoms with Crippen LogP contribution in [0.3, 0.4) is 0 Å². The van der Waals surface area contributed by atoms with Crippen molar-refractivity contribution in [2.24, 2.45) is 5.92 Å². The van der Waals surface area contributed by atoms with Crippen LogP contribution in [0.4, 0.5) is 14.5 Å². The largest absolute Gasteiger partial charge is 0.496 e. The molecular weight excluding hydrogens is 502 g/mol. The highest BCUT2D eigenvalue weighted by Crippen LogP contribution is 2.50. The maximum atomic E-state index is 14.2. The third-order valence-electron chi connectivity index (χ3n) is 7.43. The highest BCUT2D eigenvalue weighted by molar-refractivity contribution is 6.05. The standard InChI is InChI=1S/C30H30F2N4O3/c1-5-30(31,32)18-7-6-8-19(13-18)36-29(38)26-17(3)35-27(21-14-22(21)28(26)37)20-9-10-24(39-4)25(16(20)2)23-11-12-33-15-34-23/h6-13,15,22,28,35,37H,5,14H2,1-4H3,(H,36,38). The maximum Gasteiger partial charge on any atom is 0.273 e. The Hall–Kier alpha value is -4.11. The number of rotatable bonds is 7. The van der Waals surface area contributed by atoms with Gasteiger partial charge in [-0.15, -0.1) is 0 Å². The molecule has 0 radical (unpaired) electrons. The average Bonchev–Trinajstić information content (AvgIpc) is 3.74. The van der Waals surface area contributed by atoms with Crippen LogP contribution in [0.5, 0.6) is 5.75 Å². The number of aromatic nitrogens is 2. The number of carbonyl (C=O) groups is 1. The number of nitrogens with one attached hydrogen (secondary N) is 2. The van der Waals surface area contributed by atoms with Crippen LogP contribution < -0.4 is 15.4 Å². The van der Waals surface area contributed by atoms with Crippen molar-refractivity contribution >= 4 is 17.3 Å². The van der Waals surface area contributed by atoms with E-state index in [1.54, 1.807) is 26.3 Å². The zero-order valence-corrected chi connectivity index (χ0v) is 22.2. The minimum absolute atomic E-state index is 0.170. The number of ether oxygens (including phenoxy) is 1. The number of allylic oxidation sites excluding steroid dienone is 1. The quantitative estimate of drug-likeness (QED) is 0.368. The molecule has 39 heavy (non-hydrogen) atoms. The second-order valence-corrected chi connectivity index (χ2v) is 9.82. The number of hydrogen-bond acceptors (Lipinski definition) is 6. The van der Waals surface area contributed by atoms with Crippen molar-refractivity contribution in [3.63, 3.8) is 0 Å². The van der Waals surface area contributed by atoms with Crippen LogP contribution in [0.15, 0.2) is 71.8 Å². The molecule has 3 N–H and O–H groups in total. The van der Waals surface area contributed by atoms with Crippen molar-refractivity contribution in [1.82, 2.24) is 15.3 Å². The molecule has 2 unspecified atom stereocenters. The van der Waals surface area contributed by atoms with Crippen molar-refractivity contribution in [2.75, 3.05) is 12.4 Å². The number of halogens is 2. The lowest BCUT2D eigenvalue weighted by atomic mass is 9.96. The van der Waals surface area contributed by atoms with E-state index in [0.717, 1.165) is 33.7 Å². The Labute approximate surface area is 225 Å². The van der Waals surface area contributed by atoms with Gasteiger partial charge in [-0.3, -0.25) is 4.79 Å². The van der Waals surface area contributed by atoms with Gasteiger partial charge in [0.25, 0.3) is 11.8 Å². The van der Waals surface area contributed by atoms with Crippen molar-refractivity contribution in [2.45, 2.75) is 45.6 Å². The Bertz CT molecular complexity index is 1500. The molecule has 9 heteroatoms. The fourth-order valence-corrected chi connectivity index (χ4v) is 5.18. The van der Waals surface area contributed by atoms with Crippen LogP contribution in [0.2, 0.25) is 0 Å². The number of hydrogen-bond donors (Lipinski definition) is 3. The van der Waals surface area contributed by atoms with Gasteiger partial charge in [-0.25, -0.2) is 18.7 Å². The van der Waals surface area contributed by atoms with E-state index in [2.05, 4.69) is 20.6 Å². The number of nitrogens with zero attached hydrogens (tertiary/aromatic N) is 2. The Kier molecular flexibility index (Phi) is 6.94. The first-order valence-electron chi connectivity index (χ1n) is 12.8. The Morgan fingerprint density at radius 1 is 1.23 bits per heavy atom. The highest BCUT2D eigenvalue weighted by atomic mass is 19.3. The van der Waals surface area contributed by atoms with E-state index in [1.807, 2.05) is 25.1 Å². The van der Waals surface area contributed by atoms with Crippen molar-refractivity contribution in [1.29, 1.82) is 0 Å². The summed E-state index contributed by atoms with van der Waals surface area (Å²) in [4.78, 5) is 21.8. The normalized spacial score (nSPS) is 18.7. The van der Waals surface area contributed by atoms with Gasteiger partial charge in [0, 0.05) is 52.3 Å². The molecule has 0 saturated heterocycles. The molecule has 0 spiro atoms. The second-order valence-electron chi connectivity index (χ2n) is 9.82. The zero-order valence-electron chi connectivity index (χ0n) is 22.2. The Balaban J connectivity index is 1.48. The summed E-state index contributed by atoms with van der Waals surface area (Å²) < 4.78 is 34.1. The smallest absolute Gasteiger partial charge is 0.273 e. The molecule has 1 aromatic heterocycles. The molecule has 1 saturated carbocycles. The summed E-state index contributed by atoms with van der Waals surface area (Å²) in [6.45, 7) is 5.12. The van der Waals surface area contributed by atoms with Crippen LogP contribution in [0.25, 0.3) is 17.0 Å². The van der Waals surface area contributed by atoms with Gasteiger partial charge in [0.1, 0.15) is 12.1 Å². The number of benzene rings is 2. The summed E-state index contributed by atoms with van der Waals surface area (Å²) >= 11 is 0. The van der Waals surface area contributed by atoms with Gasteiger partial charge in [-0.2, -0.15) is 0 Å². The molecule has 2 aliphatic rings. The lowest BCUT2D eigenvalue weighted by molar-refractivity contribution is -0.114. The van der Waals surface area contributed by atoms with Gasteiger partial charge in [-0.1, -0.05) is 19.1 Å². The van der Waals surface area contributed by atoms with E-state index in [-0.39, 0.29) is 29.2 Å². The van der Waals surface area contributed by atoms with E-state index in [1.165, 1.54) is 31.5 Å². The number of carbonyl (C=O) groups excluding carboxylic acids is 1. The van der Waals surface area contributed by atoms with Gasteiger partial charge in [-0.05, 0) is 61.7 Å². The third-order valence-corrected chi connectivity index (χ3v) is 7.43. The van der Waals surface area contributed by atoms with Gasteiger partial charge >= 0.3 is 0 Å². The van der Waals surface area contributed by atoms with E-state index >= 15 is 0 Å². The van der Waals surface area contributed by atoms with Crippen molar-refractivity contribution < 1.29 is 23.4 Å². The van der Waals surface area contributed by atoms with Crippen molar-refractivity contribution in [3.8, 4) is 17.0 Å². The molecular formula is C30H30F2N4O3. The van der Waals surface area contributed by atoms with Crippen LogP contribution in [0, 0.1) is 12.8 Å². The molecule has 7 nitrogen and oxygen atoms in total. The molecule has 3 aromatic rings. The fraction of sp³-hybridized carbons (Fsp3) is 0.300. The molecule has 1 aliphatic carbocycles. The first-order valence-corrected chi connectivity index (χ1v) is 12.8. The monoisotopic (exact) mass is 532 g/mol. The van der Waals surface area contributed by atoms with Crippen LogP contribution in [0.1, 0.15) is 43.4 Å². The lowest BCUT2D eigenvalue weighted by Crippen LogP contribution is -2.28. The molecule has 2 heterocycles. The van der Waals surface area contributed by atoms with E-state index in [9.17, 15) is 18.7 Å². The van der Waals surface area contributed by atoms with Gasteiger partial charge in [0.15, 0.2) is 0 Å². The number of alkyl halides is 2. The van der Waals surface area contributed by atoms with Crippen molar-refractivity contribution in [3.05, 3.63) is 88.5 Å². The van der Waals surface area contributed by atoms with Crippen LogP contribution in [-0.2, 0) is 10.7 Å². The number of aliphatic hydroxyl groups is 1. The Morgan fingerprint density at radius 2 is 2.03 bits per heavy atom. The first-order chi connectivity index (χ1) is 18.7. The van der Waals surface area contributed by atoms with Gasteiger partial charge in [0.05, 0.1) is 24.5 Å². The summed E-state index contributed by atoms with van der Waals surface area (Å²) in [7, 11) is 1.61. The third kappa shape index (κ3) is 4.90. The molecule has 1 amide bonds. The molecule has 2 atom stereocenters. The SMILES string of the molecule is CCC(F)(F)c1cccc(NC(=O)C2=C(C)NC(c3ccc(OC)c(-c4ccncn4)c3C)=C3CC3C2O)c1. The second kappa shape index (κ2) is 10.2. The first kappa shape index (κ1) is 26.5. The maximum absolute atomic E-state index is 14.2. The summed E-state index contributed by atoms with van der Waals surface area (Å²) in [6.07, 6.45) is 2.39. The summed E-state index contributed by atoms with van der Waals surface area (Å²) in [5, 5.41) is 17.3. The van der Waals surface area contributed by atoms with E-state index < -0.39 is 17.9 Å². The predicted octanol–water partition coefficient (Wildman–Crippen LogP) is 5.57. The average molecular weight is 533 g/mol. The number of amides is 1. The minimum Gasteiger partial charge on any atom is -0.496 e. The van der Waals surface area contributed by atoms with Gasteiger partial charge in [0.2, 0.25) is 0 Å². The number of anilines is 1. The lowest BCUT2D eigenvalue weighted by Gasteiger charge is -2.20. The Morgan fingerprint density at radius 3 is 2.72 bits per heavy atom. The van der Waals surface area contributed by atoms with Crippen LogP contribution >= 0.6 is 0 Å². The van der Waals surface area contributed by atoms with Gasteiger partial charge < -0.3 is 20.5 Å². The molecule has 1 fully saturated rings. The molecule has 5 rings (SSSR count). The van der Waals surface area contributed by atoms with E-state index in [4.69, 9.17) is 4.74 Å². The minimum atomic E-state index is -3.00.